The molecule has 1 saturated heterocycles. The van der Waals surface area contributed by atoms with E-state index >= 15 is 0 Å². The molecule has 102 valence electrons. The predicted molar refractivity (Wildman–Crippen MR) is 74.8 cm³/mol. The van der Waals surface area contributed by atoms with Crippen LogP contribution in [0.25, 0.3) is 11.0 Å². The molecule has 1 unspecified atom stereocenters. The molecule has 1 aliphatic rings. The third kappa shape index (κ3) is 2.71. The van der Waals surface area contributed by atoms with Crippen molar-refractivity contribution in [2.75, 3.05) is 31.5 Å². The maximum absolute atomic E-state index is 13.1. The Morgan fingerprint density at radius 1 is 1.53 bits per heavy atom. The summed E-state index contributed by atoms with van der Waals surface area (Å²) in [6, 6.07) is 4.60. The van der Waals surface area contributed by atoms with E-state index in [9.17, 15) is 4.39 Å². The van der Waals surface area contributed by atoms with E-state index < -0.39 is 0 Å². The van der Waals surface area contributed by atoms with E-state index in [0.29, 0.717) is 5.92 Å². The van der Waals surface area contributed by atoms with E-state index in [1.165, 1.54) is 25.1 Å². The Morgan fingerprint density at radius 2 is 2.42 bits per heavy atom. The zero-order valence-corrected chi connectivity index (χ0v) is 11.1. The molecule has 1 aromatic heterocycles. The van der Waals surface area contributed by atoms with E-state index in [4.69, 9.17) is 0 Å². The molecule has 3 rings (SSSR count). The highest BCUT2D eigenvalue weighted by molar-refractivity contribution is 5.77. The second-order valence-corrected chi connectivity index (χ2v) is 5.18. The third-order valence-electron chi connectivity index (χ3n) is 3.82. The molecule has 0 radical (unpaired) electrons. The van der Waals surface area contributed by atoms with Crippen LogP contribution >= 0.6 is 0 Å². The van der Waals surface area contributed by atoms with Crippen molar-refractivity contribution in [2.45, 2.75) is 13.3 Å². The smallest absolute Gasteiger partial charge is 0.201 e. The molecule has 0 bridgehead atoms. The first-order valence-corrected chi connectivity index (χ1v) is 6.86. The standard InChI is InChI=1S/C14H19FN4/c1-2-19-6-5-10(9-19)8-16-14-17-12-4-3-11(15)7-13(12)18-14/h3-4,7,10H,2,5-6,8-9H2,1H3,(H2,16,17,18). The number of benzene rings is 1. The Balaban J connectivity index is 1.62. The first-order valence-electron chi connectivity index (χ1n) is 6.86. The molecule has 2 aromatic rings. The fourth-order valence-electron chi connectivity index (χ4n) is 2.67. The Hall–Kier alpha value is -1.62. The van der Waals surface area contributed by atoms with Crippen LogP contribution in [0.2, 0.25) is 0 Å². The lowest BCUT2D eigenvalue weighted by molar-refractivity contribution is 0.345. The molecule has 19 heavy (non-hydrogen) atoms. The summed E-state index contributed by atoms with van der Waals surface area (Å²) in [5, 5.41) is 3.32. The number of nitrogens with zero attached hydrogens (tertiary/aromatic N) is 2. The minimum absolute atomic E-state index is 0.239. The van der Waals surface area contributed by atoms with Crippen molar-refractivity contribution < 1.29 is 4.39 Å². The summed E-state index contributed by atoms with van der Waals surface area (Å²) in [6.45, 7) is 6.58. The number of aromatic amines is 1. The second-order valence-electron chi connectivity index (χ2n) is 5.18. The highest BCUT2D eigenvalue weighted by Crippen LogP contribution is 2.18. The van der Waals surface area contributed by atoms with Crippen molar-refractivity contribution in [1.29, 1.82) is 0 Å². The fourth-order valence-corrected chi connectivity index (χ4v) is 2.67. The van der Waals surface area contributed by atoms with Crippen LogP contribution < -0.4 is 5.32 Å². The molecule has 1 atom stereocenters. The summed E-state index contributed by atoms with van der Waals surface area (Å²) < 4.78 is 13.1. The van der Waals surface area contributed by atoms with Crippen molar-refractivity contribution in [3.05, 3.63) is 24.0 Å². The van der Waals surface area contributed by atoms with Gasteiger partial charge in [-0.3, -0.25) is 0 Å². The lowest BCUT2D eigenvalue weighted by Gasteiger charge is -2.13. The number of rotatable bonds is 4. The van der Waals surface area contributed by atoms with Crippen LogP contribution in [0.1, 0.15) is 13.3 Å². The number of halogens is 1. The van der Waals surface area contributed by atoms with Gasteiger partial charge >= 0.3 is 0 Å². The number of likely N-dealkylation sites (tertiary alicyclic amines) is 1. The number of nitrogens with one attached hydrogen (secondary N) is 2. The molecule has 1 fully saturated rings. The molecule has 2 N–H and O–H groups in total. The van der Waals surface area contributed by atoms with Crippen molar-refractivity contribution >= 4 is 17.0 Å². The Kier molecular flexibility index (Phi) is 3.38. The van der Waals surface area contributed by atoms with Crippen molar-refractivity contribution in [2.24, 2.45) is 5.92 Å². The molecule has 0 saturated carbocycles. The van der Waals surface area contributed by atoms with Gasteiger partial charge in [0.25, 0.3) is 0 Å². The van der Waals surface area contributed by atoms with Gasteiger partial charge in [-0.25, -0.2) is 9.37 Å². The Bertz CT molecular complexity index is 566. The predicted octanol–water partition coefficient (Wildman–Crippen LogP) is 2.46. The number of H-pyrrole nitrogens is 1. The summed E-state index contributed by atoms with van der Waals surface area (Å²) in [7, 11) is 0. The average molecular weight is 262 g/mol. The van der Waals surface area contributed by atoms with Gasteiger partial charge in [-0.15, -0.1) is 0 Å². The van der Waals surface area contributed by atoms with E-state index in [0.717, 1.165) is 36.6 Å². The maximum atomic E-state index is 13.1. The number of aromatic nitrogens is 2. The molecule has 1 aromatic carbocycles. The third-order valence-corrected chi connectivity index (χ3v) is 3.82. The molecular weight excluding hydrogens is 243 g/mol. The summed E-state index contributed by atoms with van der Waals surface area (Å²) in [4.78, 5) is 9.98. The van der Waals surface area contributed by atoms with Crippen LogP contribution in [-0.2, 0) is 0 Å². The van der Waals surface area contributed by atoms with Crippen LogP contribution in [0.15, 0.2) is 18.2 Å². The summed E-state index contributed by atoms with van der Waals surface area (Å²) in [5.74, 6) is 1.16. The van der Waals surface area contributed by atoms with Crippen molar-refractivity contribution in [1.82, 2.24) is 14.9 Å². The van der Waals surface area contributed by atoms with Gasteiger partial charge in [-0.1, -0.05) is 6.92 Å². The minimum atomic E-state index is -0.239. The van der Waals surface area contributed by atoms with E-state index in [-0.39, 0.29) is 5.82 Å². The highest BCUT2D eigenvalue weighted by atomic mass is 19.1. The molecule has 0 amide bonds. The van der Waals surface area contributed by atoms with E-state index in [1.807, 2.05) is 0 Å². The first kappa shape index (κ1) is 12.4. The number of anilines is 1. The molecular formula is C14H19FN4. The van der Waals surface area contributed by atoms with Gasteiger partial charge in [0.15, 0.2) is 0 Å². The zero-order chi connectivity index (χ0) is 13.2. The largest absolute Gasteiger partial charge is 0.355 e. The van der Waals surface area contributed by atoms with Crippen molar-refractivity contribution in [3.8, 4) is 0 Å². The molecule has 2 heterocycles. The zero-order valence-electron chi connectivity index (χ0n) is 11.1. The van der Waals surface area contributed by atoms with Gasteiger partial charge in [0.2, 0.25) is 5.95 Å². The van der Waals surface area contributed by atoms with Crippen LogP contribution in [0, 0.1) is 11.7 Å². The summed E-state index contributed by atoms with van der Waals surface area (Å²) in [6.07, 6.45) is 1.23. The Labute approximate surface area is 112 Å². The van der Waals surface area contributed by atoms with Gasteiger partial charge in [0, 0.05) is 13.1 Å². The average Bonchev–Trinajstić information content (AvgIpc) is 3.01. The number of fused-ring (bicyclic) bond motifs is 1. The summed E-state index contributed by atoms with van der Waals surface area (Å²) >= 11 is 0. The lowest BCUT2D eigenvalue weighted by atomic mass is 10.1. The van der Waals surface area contributed by atoms with Crippen LogP contribution in [0.5, 0.6) is 0 Å². The minimum Gasteiger partial charge on any atom is -0.355 e. The Morgan fingerprint density at radius 3 is 3.21 bits per heavy atom. The van der Waals surface area contributed by atoms with E-state index in [2.05, 4.69) is 27.1 Å². The summed E-state index contributed by atoms with van der Waals surface area (Å²) in [5.41, 5.74) is 1.54. The molecule has 4 nitrogen and oxygen atoms in total. The quantitative estimate of drug-likeness (QED) is 0.889. The number of imidazole rings is 1. The molecule has 5 heteroatoms. The van der Waals surface area contributed by atoms with Crippen LogP contribution in [-0.4, -0.2) is 41.0 Å². The molecule has 0 spiro atoms. The second kappa shape index (κ2) is 5.17. The van der Waals surface area contributed by atoms with Gasteiger partial charge in [0.1, 0.15) is 5.82 Å². The van der Waals surface area contributed by atoms with Gasteiger partial charge in [-0.05, 0) is 43.6 Å². The number of hydrogen-bond acceptors (Lipinski definition) is 3. The molecule has 1 aliphatic heterocycles. The SMILES string of the molecule is CCN1CCC(CNc2nc3ccc(F)cc3[nH]2)C1. The first-order chi connectivity index (χ1) is 9.24. The van der Waals surface area contributed by atoms with E-state index in [1.54, 1.807) is 6.07 Å². The highest BCUT2D eigenvalue weighted by Gasteiger charge is 2.20. The maximum Gasteiger partial charge on any atom is 0.201 e. The van der Waals surface area contributed by atoms with Gasteiger partial charge in [0.05, 0.1) is 11.0 Å². The van der Waals surface area contributed by atoms with Gasteiger partial charge < -0.3 is 15.2 Å². The van der Waals surface area contributed by atoms with Crippen LogP contribution in [0.4, 0.5) is 10.3 Å². The molecule has 0 aliphatic carbocycles. The topological polar surface area (TPSA) is 44.0 Å². The van der Waals surface area contributed by atoms with Crippen molar-refractivity contribution in [3.63, 3.8) is 0 Å². The normalized spacial score (nSPS) is 20.2. The number of hydrogen-bond donors (Lipinski definition) is 2. The fraction of sp³-hybridized carbons (Fsp3) is 0.500. The monoisotopic (exact) mass is 262 g/mol. The lowest BCUT2D eigenvalue weighted by Crippen LogP contribution is -2.22. The van der Waals surface area contributed by atoms with Crippen LogP contribution in [0.3, 0.4) is 0 Å². The van der Waals surface area contributed by atoms with Gasteiger partial charge in [-0.2, -0.15) is 0 Å².